The van der Waals surface area contributed by atoms with Crippen LogP contribution in [0.3, 0.4) is 0 Å². The van der Waals surface area contributed by atoms with Crippen LogP contribution in [0.1, 0.15) is 30.4 Å². The normalized spacial score (nSPS) is 23.2. The average Bonchev–Trinajstić information content (AvgIpc) is 2.73. The number of nitrogens with one attached hydrogen (secondary N) is 1. The Labute approximate surface area is 124 Å². The van der Waals surface area contributed by atoms with Crippen molar-refractivity contribution in [3.8, 4) is 0 Å². The highest BCUT2D eigenvalue weighted by Crippen LogP contribution is 2.29. The van der Waals surface area contributed by atoms with Crippen LogP contribution < -0.4 is 4.72 Å². The van der Waals surface area contributed by atoms with E-state index in [1.54, 1.807) is 13.8 Å². The number of hydrogen-bond acceptors (Lipinski definition) is 2. The van der Waals surface area contributed by atoms with Crippen LogP contribution in [0.2, 0.25) is 0 Å². The van der Waals surface area contributed by atoms with Crippen molar-refractivity contribution in [2.45, 2.75) is 44.0 Å². The van der Waals surface area contributed by atoms with Crippen LogP contribution in [0.5, 0.6) is 0 Å². The zero-order chi connectivity index (χ0) is 14.9. The number of alkyl halides is 1. The van der Waals surface area contributed by atoms with Gasteiger partial charge in [-0.1, -0.05) is 6.42 Å². The lowest BCUT2D eigenvalue weighted by Crippen LogP contribution is -2.38. The fraction of sp³-hybridized carbons (Fsp3) is 0.571. The molecule has 2 atom stereocenters. The van der Waals surface area contributed by atoms with Gasteiger partial charge in [0.05, 0.1) is 4.90 Å². The quantitative estimate of drug-likeness (QED) is 0.867. The SMILES string of the molecule is Cc1cc(F)cc(C)c1S(=O)(=O)NC1CCCC1CCl. The van der Waals surface area contributed by atoms with E-state index in [4.69, 9.17) is 11.6 Å². The molecule has 1 saturated carbocycles. The predicted molar refractivity (Wildman–Crippen MR) is 78.0 cm³/mol. The molecule has 0 radical (unpaired) electrons. The summed E-state index contributed by atoms with van der Waals surface area (Å²) in [5.74, 6) is 0.208. The summed E-state index contributed by atoms with van der Waals surface area (Å²) >= 11 is 5.88. The fourth-order valence-electron chi connectivity index (χ4n) is 2.96. The van der Waals surface area contributed by atoms with Crippen molar-refractivity contribution in [1.82, 2.24) is 4.72 Å². The first-order chi connectivity index (χ1) is 9.35. The Balaban J connectivity index is 2.32. The predicted octanol–water partition coefficient (Wildman–Crippen LogP) is 3.13. The molecule has 1 aromatic carbocycles. The van der Waals surface area contributed by atoms with Crippen LogP contribution in [0.15, 0.2) is 17.0 Å². The molecular formula is C14H19ClFNO2S. The molecule has 0 spiro atoms. The smallest absolute Gasteiger partial charge is 0.208 e. The van der Waals surface area contributed by atoms with Gasteiger partial charge in [0.1, 0.15) is 5.82 Å². The third-order valence-corrected chi connectivity index (χ3v) is 6.05. The number of halogens is 2. The summed E-state index contributed by atoms with van der Waals surface area (Å²) in [6.07, 6.45) is 2.72. The summed E-state index contributed by atoms with van der Waals surface area (Å²) < 4.78 is 41.1. The molecule has 2 unspecified atom stereocenters. The number of aryl methyl sites for hydroxylation is 2. The molecule has 3 nitrogen and oxygen atoms in total. The Morgan fingerprint density at radius 3 is 2.45 bits per heavy atom. The third-order valence-electron chi connectivity index (χ3n) is 3.86. The van der Waals surface area contributed by atoms with Crippen LogP contribution in [0.25, 0.3) is 0 Å². The molecule has 112 valence electrons. The molecule has 0 bridgehead atoms. The van der Waals surface area contributed by atoms with Gasteiger partial charge in [-0.05, 0) is 55.9 Å². The minimum absolute atomic E-state index is 0.124. The van der Waals surface area contributed by atoms with E-state index in [1.165, 1.54) is 12.1 Å². The van der Waals surface area contributed by atoms with Crippen molar-refractivity contribution >= 4 is 21.6 Å². The Bertz CT molecular complexity index is 580. The molecule has 0 heterocycles. The maximum atomic E-state index is 13.3. The number of hydrogen-bond donors (Lipinski definition) is 1. The van der Waals surface area contributed by atoms with Gasteiger partial charge in [0.25, 0.3) is 0 Å². The molecule has 1 aliphatic carbocycles. The highest BCUT2D eigenvalue weighted by Gasteiger charge is 2.31. The monoisotopic (exact) mass is 319 g/mol. The van der Waals surface area contributed by atoms with Crippen LogP contribution in [0, 0.1) is 25.6 Å². The van der Waals surface area contributed by atoms with Gasteiger partial charge in [0.2, 0.25) is 10.0 Å². The van der Waals surface area contributed by atoms with Crippen molar-refractivity contribution in [2.24, 2.45) is 5.92 Å². The van der Waals surface area contributed by atoms with Crippen molar-refractivity contribution < 1.29 is 12.8 Å². The summed E-state index contributed by atoms with van der Waals surface area (Å²) in [4.78, 5) is 0.180. The molecular weight excluding hydrogens is 301 g/mol. The second-order valence-electron chi connectivity index (χ2n) is 5.44. The highest BCUT2D eigenvalue weighted by atomic mass is 35.5. The second kappa shape index (κ2) is 6.00. The largest absolute Gasteiger partial charge is 0.241 e. The van der Waals surface area contributed by atoms with Crippen molar-refractivity contribution in [3.05, 3.63) is 29.1 Å². The summed E-state index contributed by atoms with van der Waals surface area (Å²) in [6, 6.07) is 2.37. The van der Waals surface area contributed by atoms with Crippen LogP contribution in [0.4, 0.5) is 4.39 Å². The first-order valence-electron chi connectivity index (χ1n) is 6.70. The molecule has 0 amide bonds. The van der Waals surface area contributed by atoms with E-state index in [0.29, 0.717) is 17.0 Å². The Morgan fingerprint density at radius 2 is 1.90 bits per heavy atom. The first kappa shape index (κ1) is 15.7. The van der Waals surface area contributed by atoms with Crippen LogP contribution in [-0.2, 0) is 10.0 Å². The van der Waals surface area contributed by atoms with Gasteiger partial charge in [0.15, 0.2) is 0 Å². The molecule has 20 heavy (non-hydrogen) atoms. The Hall–Kier alpha value is -0.650. The lowest BCUT2D eigenvalue weighted by atomic mass is 10.1. The molecule has 1 aliphatic rings. The zero-order valence-corrected chi connectivity index (χ0v) is 13.2. The highest BCUT2D eigenvalue weighted by molar-refractivity contribution is 7.89. The summed E-state index contributed by atoms with van der Waals surface area (Å²) in [5.41, 5.74) is 0.853. The van der Waals surface area contributed by atoms with Crippen LogP contribution in [-0.4, -0.2) is 20.3 Å². The molecule has 0 saturated heterocycles. The molecule has 6 heteroatoms. The van der Waals surface area contributed by atoms with E-state index < -0.39 is 15.8 Å². The topological polar surface area (TPSA) is 46.2 Å². The van der Waals surface area contributed by atoms with Crippen molar-refractivity contribution in [3.63, 3.8) is 0 Å². The van der Waals surface area contributed by atoms with Gasteiger partial charge in [0, 0.05) is 11.9 Å². The number of benzene rings is 1. The Morgan fingerprint density at radius 1 is 1.30 bits per heavy atom. The number of sulfonamides is 1. The zero-order valence-electron chi connectivity index (χ0n) is 11.6. The molecule has 0 aliphatic heterocycles. The van der Waals surface area contributed by atoms with E-state index >= 15 is 0 Å². The second-order valence-corrected chi connectivity index (χ2v) is 7.40. The third kappa shape index (κ3) is 3.15. The number of rotatable bonds is 4. The van der Waals surface area contributed by atoms with E-state index in [2.05, 4.69) is 4.72 Å². The standard InChI is InChI=1S/C14H19ClFNO2S/c1-9-6-12(16)7-10(2)14(9)20(18,19)17-13-5-3-4-11(13)8-15/h6-7,11,13,17H,3-5,8H2,1-2H3. The molecule has 1 aromatic rings. The van der Waals surface area contributed by atoms with E-state index in [0.717, 1.165) is 19.3 Å². The van der Waals surface area contributed by atoms with Gasteiger partial charge in [-0.25, -0.2) is 17.5 Å². The molecule has 0 aromatic heterocycles. The van der Waals surface area contributed by atoms with Gasteiger partial charge >= 0.3 is 0 Å². The van der Waals surface area contributed by atoms with Gasteiger partial charge in [-0.2, -0.15) is 0 Å². The van der Waals surface area contributed by atoms with Crippen molar-refractivity contribution in [2.75, 3.05) is 5.88 Å². The van der Waals surface area contributed by atoms with Crippen LogP contribution >= 0.6 is 11.6 Å². The van der Waals surface area contributed by atoms with E-state index in [1.807, 2.05) is 0 Å². The minimum Gasteiger partial charge on any atom is -0.208 e. The Kier molecular flexibility index (Phi) is 4.72. The van der Waals surface area contributed by atoms with E-state index in [9.17, 15) is 12.8 Å². The average molecular weight is 320 g/mol. The maximum absolute atomic E-state index is 13.3. The summed E-state index contributed by atoms with van der Waals surface area (Å²) in [6.45, 7) is 3.22. The van der Waals surface area contributed by atoms with E-state index in [-0.39, 0.29) is 16.9 Å². The van der Waals surface area contributed by atoms with Gasteiger partial charge in [-0.3, -0.25) is 0 Å². The fourth-order valence-corrected chi connectivity index (χ4v) is 5.12. The lowest BCUT2D eigenvalue weighted by molar-refractivity contribution is 0.480. The minimum atomic E-state index is -3.64. The summed E-state index contributed by atoms with van der Waals surface area (Å²) in [5, 5.41) is 0. The van der Waals surface area contributed by atoms with Gasteiger partial charge < -0.3 is 0 Å². The first-order valence-corrected chi connectivity index (χ1v) is 8.72. The lowest BCUT2D eigenvalue weighted by Gasteiger charge is -2.20. The molecule has 2 rings (SSSR count). The molecule has 1 fully saturated rings. The van der Waals surface area contributed by atoms with Crippen molar-refractivity contribution in [1.29, 1.82) is 0 Å². The summed E-state index contributed by atoms with van der Waals surface area (Å²) in [7, 11) is -3.64. The maximum Gasteiger partial charge on any atom is 0.241 e. The molecule has 1 N–H and O–H groups in total. The van der Waals surface area contributed by atoms with Gasteiger partial charge in [-0.15, -0.1) is 11.6 Å².